The van der Waals surface area contributed by atoms with Crippen LogP contribution in [0, 0.1) is 0 Å². The molecule has 1 fully saturated rings. The van der Waals surface area contributed by atoms with Gasteiger partial charge in [0.25, 0.3) is 17.7 Å². The molecule has 0 saturated carbocycles. The van der Waals surface area contributed by atoms with E-state index in [4.69, 9.17) is 0 Å². The highest BCUT2D eigenvalue weighted by molar-refractivity contribution is 6.20. The Morgan fingerprint density at radius 1 is 1.07 bits per heavy atom. The maximum Gasteiger partial charge on any atom is 0.280 e. The molecule has 0 radical (unpaired) electrons. The van der Waals surface area contributed by atoms with Crippen LogP contribution in [0.2, 0.25) is 0 Å². The largest absolute Gasteiger partial charge is 0.336 e. The predicted octanol–water partition coefficient (Wildman–Crippen LogP) is 2.89. The Bertz CT molecular complexity index is 925. The first-order valence-corrected chi connectivity index (χ1v) is 9.50. The minimum absolute atomic E-state index is 0.0276. The van der Waals surface area contributed by atoms with E-state index in [0.29, 0.717) is 30.6 Å². The lowest BCUT2D eigenvalue weighted by Crippen LogP contribution is -2.42. The fraction of sp³-hybridized carbons (Fsp3) is 0.364. The van der Waals surface area contributed by atoms with Crippen LogP contribution in [0.3, 0.4) is 0 Å². The van der Waals surface area contributed by atoms with Crippen LogP contribution >= 0.6 is 0 Å². The molecule has 2 aliphatic heterocycles. The van der Waals surface area contributed by atoms with Crippen molar-refractivity contribution in [3.63, 3.8) is 0 Å². The van der Waals surface area contributed by atoms with E-state index in [1.807, 2.05) is 24.3 Å². The normalized spacial score (nSPS) is 19.3. The van der Waals surface area contributed by atoms with Gasteiger partial charge in [-0.1, -0.05) is 32.9 Å². The van der Waals surface area contributed by atoms with E-state index >= 15 is 0 Å². The van der Waals surface area contributed by atoms with Crippen LogP contribution in [0.1, 0.15) is 64.0 Å². The molecule has 144 valence electrons. The Hall–Kier alpha value is -3.02. The third-order valence-electron chi connectivity index (χ3n) is 5.49. The highest BCUT2D eigenvalue weighted by Crippen LogP contribution is 2.28. The van der Waals surface area contributed by atoms with E-state index in [2.05, 4.69) is 25.8 Å². The molecule has 1 atom stereocenters. The van der Waals surface area contributed by atoms with Crippen LogP contribution in [0.15, 0.2) is 42.6 Å². The number of rotatable bonds is 2. The molecular formula is C22H23N3O3. The zero-order valence-electron chi connectivity index (χ0n) is 16.3. The number of aromatic nitrogens is 1. The molecule has 0 N–H and O–H groups in total. The van der Waals surface area contributed by atoms with Crippen LogP contribution in [0.5, 0.6) is 0 Å². The minimum atomic E-state index is -0.366. The van der Waals surface area contributed by atoms with Gasteiger partial charge in [0.1, 0.15) is 5.69 Å². The third kappa shape index (κ3) is 2.99. The molecule has 3 heterocycles. The molecule has 2 aromatic rings. The average molecular weight is 377 g/mol. The fourth-order valence-electron chi connectivity index (χ4n) is 3.85. The number of hydrogen-bond donors (Lipinski definition) is 0. The highest BCUT2D eigenvalue weighted by atomic mass is 16.2. The summed E-state index contributed by atoms with van der Waals surface area (Å²) in [6.07, 6.45) is 2.09. The van der Waals surface area contributed by atoms with Gasteiger partial charge in [0.15, 0.2) is 0 Å². The lowest BCUT2D eigenvalue weighted by Gasteiger charge is -2.23. The van der Waals surface area contributed by atoms with Gasteiger partial charge in [-0.3, -0.25) is 24.3 Å². The van der Waals surface area contributed by atoms with Crippen molar-refractivity contribution in [3.05, 3.63) is 65.0 Å². The number of fused-ring (bicyclic) bond motifs is 1. The number of pyridine rings is 1. The first-order chi connectivity index (χ1) is 13.3. The molecule has 0 aliphatic carbocycles. The van der Waals surface area contributed by atoms with Crippen molar-refractivity contribution in [2.24, 2.45) is 0 Å². The van der Waals surface area contributed by atoms with Crippen molar-refractivity contribution in [3.8, 4) is 0 Å². The van der Waals surface area contributed by atoms with E-state index in [1.165, 1.54) is 16.7 Å². The van der Waals surface area contributed by atoms with Crippen molar-refractivity contribution in [1.29, 1.82) is 0 Å². The average Bonchev–Trinajstić information content (AvgIpc) is 3.25. The summed E-state index contributed by atoms with van der Waals surface area (Å²) in [6, 6.07) is 10.6. The lowest BCUT2D eigenvalue weighted by atomic mass is 9.86. The molecule has 1 aromatic carbocycles. The Morgan fingerprint density at radius 2 is 1.79 bits per heavy atom. The summed E-state index contributed by atoms with van der Waals surface area (Å²) >= 11 is 0. The number of likely N-dealkylation sites (tertiary alicyclic amines) is 1. The maximum atomic E-state index is 12.9. The SMILES string of the molecule is CC(C)(C)c1ccc(C(=O)N2CCC(N3C(=O)c4cccnc4C3=O)C2)cc1. The second kappa shape index (κ2) is 6.55. The molecule has 28 heavy (non-hydrogen) atoms. The Balaban J connectivity index is 1.48. The second-order valence-corrected chi connectivity index (χ2v) is 8.40. The fourth-order valence-corrected chi connectivity index (χ4v) is 3.85. The zero-order chi connectivity index (χ0) is 20.1. The van der Waals surface area contributed by atoms with Crippen molar-refractivity contribution in [2.75, 3.05) is 13.1 Å². The summed E-state index contributed by atoms with van der Waals surface area (Å²) in [5.74, 6) is -0.756. The van der Waals surface area contributed by atoms with Gasteiger partial charge in [-0.15, -0.1) is 0 Å². The van der Waals surface area contributed by atoms with Gasteiger partial charge in [-0.2, -0.15) is 0 Å². The molecule has 6 heteroatoms. The molecule has 1 saturated heterocycles. The predicted molar refractivity (Wildman–Crippen MR) is 104 cm³/mol. The van der Waals surface area contributed by atoms with Crippen molar-refractivity contribution < 1.29 is 14.4 Å². The second-order valence-electron chi connectivity index (χ2n) is 8.40. The molecule has 0 bridgehead atoms. The van der Waals surface area contributed by atoms with E-state index in [-0.39, 0.29) is 34.9 Å². The molecule has 1 unspecified atom stereocenters. The number of carbonyl (C=O) groups excluding carboxylic acids is 3. The van der Waals surface area contributed by atoms with Crippen molar-refractivity contribution >= 4 is 17.7 Å². The molecule has 0 spiro atoms. The number of nitrogens with zero attached hydrogens (tertiary/aromatic N) is 3. The van der Waals surface area contributed by atoms with Gasteiger partial charge in [0.05, 0.1) is 11.6 Å². The monoisotopic (exact) mass is 377 g/mol. The quantitative estimate of drug-likeness (QED) is 0.755. The highest BCUT2D eigenvalue weighted by Gasteiger charge is 2.43. The molecular weight excluding hydrogens is 354 g/mol. The van der Waals surface area contributed by atoms with E-state index < -0.39 is 0 Å². The number of hydrogen-bond acceptors (Lipinski definition) is 4. The van der Waals surface area contributed by atoms with Crippen LogP contribution < -0.4 is 0 Å². The van der Waals surface area contributed by atoms with Crippen LogP contribution in [0.4, 0.5) is 0 Å². The van der Waals surface area contributed by atoms with Gasteiger partial charge in [0, 0.05) is 24.8 Å². The maximum absolute atomic E-state index is 12.9. The Kier molecular flexibility index (Phi) is 4.29. The van der Waals surface area contributed by atoms with E-state index in [9.17, 15) is 14.4 Å². The van der Waals surface area contributed by atoms with Gasteiger partial charge in [-0.05, 0) is 41.7 Å². The van der Waals surface area contributed by atoms with Crippen molar-refractivity contribution in [2.45, 2.75) is 38.6 Å². The van der Waals surface area contributed by atoms with Crippen LogP contribution in [0.25, 0.3) is 0 Å². The van der Waals surface area contributed by atoms with E-state index in [0.717, 1.165) is 0 Å². The van der Waals surface area contributed by atoms with Gasteiger partial charge in [-0.25, -0.2) is 0 Å². The first-order valence-electron chi connectivity index (χ1n) is 9.50. The van der Waals surface area contributed by atoms with Gasteiger partial charge < -0.3 is 4.90 Å². The summed E-state index contributed by atoms with van der Waals surface area (Å²) in [6.45, 7) is 7.26. The standard InChI is InChI=1S/C22H23N3O3/c1-22(2,3)15-8-6-14(7-9-15)19(26)24-12-10-16(13-24)25-20(27)17-5-4-11-23-18(17)21(25)28/h4-9,11,16H,10,12-13H2,1-3H3. The number of imide groups is 1. The molecule has 3 amide bonds. The zero-order valence-corrected chi connectivity index (χ0v) is 16.3. The number of amides is 3. The van der Waals surface area contributed by atoms with Crippen molar-refractivity contribution in [1.82, 2.24) is 14.8 Å². The summed E-state index contributed by atoms with van der Waals surface area (Å²) in [4.78, 5) is 45.2. The molecule has 4 rings (SSSR count). The molecule has 6 nitrogen and oxygen atoms in total. The Morgan fingerprint density at radius 3 is 2.43 bits per heavy atom. The number of carbonyl (C=O) groups is 3. The summed E-state index contributed by atoms with van der Waals surface area (Å²) in [7, 11) is 0. The molecule has 2 aliphatic rings. The summed E-state index contributed by atoms with van der Waals surface area (Å²) < 4.78 is 0. The smallest absolute Gasteiger partial charge is 0.280 e. The third-order valence-corrected chi connectivity index (χ3v) is 5.49. The molecule has 1 aromatic heterocycles. The van der Waals surface area contributed by atoms with Crippen LogP contribution in [-0.4, -0.2) is 51.6 Å². The minimum Gasteiger partial charge on any atom is -0.336 e. The first kappa shape index (κ1) is 18.3. The summed E-state index contributed by atoms with van der Waals surface area (Å²) in [5, 5.41) is 0. The summed E-state index contributed by atoms with van der Waals surface area (Å²) in [5.41, 5.74) is 2.37. The van der Waals surface area contributed by atoms with Crippen LogP contribution in [-0.2, 0) is 5.41 Å². The number of benzene rings is 1. The van der Waals surface area contributed by atoms with Gasteiger partial charge in [0.2, 0.25) is 0 Å². The Labute approximate surface area is 164 Å². The van der Waals surface area contributed by atoms with E-state index in [1.54, 1.807) is 17.0 Å². The van der Waals surface area contributed by atoms with Gasteiger partial charge >= 0.3 is 0 Å². The topological polar surface area (TPSA) is 70.6 Å². The lowest BCUT2D eigenvalue weighted by molar-refractivity contribution is 0.0573.